The Morgan fingerprint density at radius 1 is 1.10 bits per heavy atom. The van der Waals surface area contributed by atoms with Gasteiger partial charge in [0.2, 0.25) is 0 Å². The minimum Gasteiger partial charge on any atom is -0.495 e. The zero-order chi connectivity index (χ0) is 20.4. The number of nitrogens with zero attached hydrogens (tertiary/aromatic N) is 3. The van der Waals surface area contributed by atoms with Crippen LogP contribution in [-0.2, 0) is 0 Å². The predicted octanol–water partition coefficient (Wildman–Crippen LogP) is 4.51. The Labute approximate surface area is 177 Å². The van der Waals surface area contributed by atoms with Gasteiger partial charge in [-0.15, -0.1) is 0 Å². The Morgan fingerprint density at radius 2 is 1.90 bits per heavy atom. The predicted molar refractivity (Wildman–Crippen MR) is 119 cm³/mol. The highest BCUT2D eigenvalue weighted by atomic mass is 32.1. The van der Waals surface area contributed by atoms with E-state index in [1.807, 2.05) is 36.5 Å². The van der Waals surface area contributed by atoms with E-state index < -0.39 is 0 Å². The molecule has 0 spiro atoms. The number of thiocarbonyl (C=S) groups is 1. The molecule has 1 aromatic carbocycles. The lowest BCUT2D eigenvalue weighted by molar-refractivity contribution is 0.280. The van der Waals surface area contributed by atoms with E-state index in [2.05, 4.69) is 64.1 Å². The fourth-order valence-electron chi connectivity index (χ4n) is 4.00. The van der Waals surface area contributed by atoms with Crippen molar-refractivity contribution in [3.63, 3.8) is 0 Å². The summed E-state index contributed by atoms with van der Waals surface area (Å²) in [5.41, 5.74) is 3.15. The van der Waals surface area contributed by atoms with Gasteiger partial charge < -0.3 is 19.5 Å². The van der Waals surface area contributed by atoms with Crippen molar-refractivity contribution in [2.45, 2.75) is 25.9 Å². The molecule has 1 aliphatic heterocycles. The van der Waals surface area contributed by atoms with E-state index in [0.29, 0.717) is 5.92 Å². The normalized spacial score (nSPS) is 18.9. The maximum atomic E-state index is 5.75. The zero-order valence-corrected chi connectivity index (χ0v) is 17.8. The first-order valence-electron chi connectivity index (χ1n) is 9.89. The number of para-hydroxylation sites is 2. The summed E-state index contributed by atoms with van der Waals surface area (Å²) in [7, 11) is 1.70. The molecular weight excluding hydrogens is 380 g/mol. The third kappa shape index (κ3) is 3.72. The van der Waals surface area contributed by atoms with Gasteiger partial charge in [0.25, 0.3) is 0 Å². The highest BCUT2D eigenvalue weighted by Crippen LogP contribution is 2.40. The first-order valence-corrected chi connectivity index (χ1v) is 10.3. The number of aromatic nitrogens is 2. The lowest BCUT2D eigenvalue weighted by Crippen LogP contribution is -2.33. The topological polar surface area (TPSA) is 42.3 Å². The van der Waals surface area contributed by atoms with Gasteiger partial charge in [0.05, 0.1) is 30.6 Å². The molecule has 0 amide bonds. The van der Waals surface area contributed by atoms with Crippen molar-refractivity contribution in [3.8, 4) is 11.4 Å². The van der Waals surface area contributed by atoms with E-state index in [4.69, 9.17) is 17.0 Å². The molecule has 2 aromatic heterocycles. The van der Waals surface area contributed by atoms with Crippen LogP contribution in [0.4, 0.5) is 0 Å². The summed E-state index contributed by atoms with van der Waals surface area (Å²) in [5, 5.41) is 4.29. The van der Waals surface area contributed by atoms with E-state index >= 15 is 0 Å². The molecule has 1 saturated heterocycles. The van der Waals surface area contributed by atoms with E-state index in [-0.39, 0.29) is 12.1 Å². The van der Waals surface area contributed by atoms with Gasteiger partial charge in [0.1, 0.15) is 5.75 Å². The molecule has 0 bridgehead atoms. The van der Waals surface area contributed by atoms with E-state index in [1.165, 1.54) is 0 Å². The molecule has 5 nitrogen and oxygen atoms in total. The average molecular weight is 407 g/mol. The van der Waals surface area contributed by atoms with Crippen LogP contribution in [0.5, 0.6) is 5.75 Å². The summed E-state index contributed by atoms with van der Waals surface area (Å²) in [6.07, 6.45) is 3.92. The SMILES string of the molecule is COc1ccccc1-n1cccc1[C@@H]1[C@H](c2ccccn2)NC(=S)N1CC(C)C. The van der Waals surface area contributed by atoms with E-state index in [0.717, 1.165) is 34.5 Å². The molecule has 1 fully saturated rings. The Balaban J connectivity index is 1.83. The number of hydrogen-bond acceptors (Lipinski definition) is 3. The molecule has 1 aliphatic rings. The summed E-state index contributed by atoms with van der Waals surface area (Å²) in [5.74, 6) is 1.32. The minimum atomic E-state index is -0.0224. The lowest BCUT2D eigenvalue weighted by atomic mass is 10.0. The summed E-state index contributed by atoms with van der Waals surface area (Å²) in [4.78, 5) is 6.91. The van der Waals surface area contributed by atoms with Crippen molar-refractivity contribution in [2.75, 3.05) is 13.7 Å². The van der Waals surface area contributed by atoms with Crippen LogP contribution in [0.2, 0.25) is 0 Å². The number of rotatable bonds is 6. The molecule has 3 aromatic rings. The van der Waals surface area contributed by atoms with Crippen molar-refractivity contribution in [2.24, 2.45) is 5.92 Å². The number of methoxy groups -OCH3 is 1. The van der Waals surface area contributed by atoms with Crippen LogP contribution in [0.1, 0.15) is 37.3 Å². The monoisotopic (exact) mass is 406 g/mol. The van der Waals surface area contributed by atoms with Crippen LogP contribution in [-0.4, -0.2) is 33.2 Å². The Hall–Kier alpha value is -2.86. The molecule has 29 heavy (non-hydrogen) atoms. The molecule has 3 heterocycles. The third-order valence-electron chi connectivity index (χ3n) is 5.19. The molecule has 0 unspecified atom stereocenters. The average Bonchev–Trinajstić information content (AvgIpc) is 3.33. The number of ether oxygens (including phenoxy) is 1. The summed E-state index contributed by atoms with van der Waals surface area (Å²) in [6, 6.07) is 18.3. The quantitative estimate of drug-likeness (QED) is 0.610. The van der Waals surface area contributed by atoms with Crippen LogP contribution in [0.25, 0.3) is 5.69 Å². The van der Waals surface area contributed by atoms with Gasteiger partial charge in [-0.25, -0.2) is 0 Å². The summed E-state index contributed by atoms with van der Waals surface area (Å²) < 4.78 is 7.82. The third-order valence-corrected chi connectivity index (χ3v) is 5.54. The second kappa shape index (κ2) is 8.25. The van der Waals surface area contributed by atoms with Crippen LogP contribution >= 0.6 is 12.2 Å². The van der Waals surface area contributed by atoms with Gasteiger partial charge in [0.15, 0.2) is 5.11 Å². The van der Waals surface area contributed by atoms with Gasteiger partial charge in [-0.1, -0.05) is 32.0 Å². The zero-order valence-electron chi connectivity index (χ0n) is 16.9. The molecule has 0 saturated carbocycles. The van der Waals surface area contributed by atoms with Crippen molar-refractivity contribution in [1.29, 1.82) is 0 Å². The van der Waals surface area contributed by atoms with Gasteiger partial charge in [0, 0.05) is 24.6 Å². The Bertz CT molecular complexity index is 985. The fraction of sp³-hybridized carbons (Fsp3) is 0.304. The Morgan fingerprint density at radius 3 is 2.62 bits per heavy atom. The maximum Gasteiger partial charge on any atom is 0.170 e. The number of benzene rings is 1. The van der Waals surface area contributed by atoms with Crippen molar-refractivity contribution < 1.29 is 4.74 Å². The van der Waals surface area contributed by atoms with Crippen molar-refractivity contribution >= 4 is 17.3 Å². The molecule has 150 valence electrons. The van der Waals surface area contributed by atoms with Gasteiger partial charge in [-0.2, -0.15) is 0 Å². The van der Waals surface area contributed by atoms with Gasteiger partial charge >= 0.3 is 0 Å². The highest BCUT2D eigenvalue weighted by Gasteiger charge is 2.41. The number of hydrogen-bond donors (Lipinski definition) is 1. The summed E-state index contributed by atoms with van der Waals surface area (Å²) in [6.45, 7) is 5.30. The Kier molecular flexibility index (Phi) is 5.53. The highest BCUT2D eigenvalue weighted by molar-refractivity contribution is 7.80. The van der Waals surface area contributed by atoms with Gasteiger partial charge in [-0.05, 0) is 54.5 Å². The largest absolute Gasteiger partial charge is 0.495 e. The molecular formula is C23H26N4OS. The maximum absolute atomic E-state index is 5.75. The smallest absolute Gasteiger partial charge is 0.170 e. The standard InChI is InChI=1S/C23H26N4OS/c1-16(2)15-27-22(21(25-23(27)29)17-9-6-7-13-24-17)19-11-8-14-26(19)18-10-4-5-12-20(18)28-3/h4-14,16,21-22H,15H2,1-3H3,(H,25,29)/t21-,22+/m0/s1. The number of nitrogens with one attached hydrogen (secondary N) is 1. The van der Waals surface area contributed by atoms with Crippen LogP contribution in [0.15, 0.2) is 67.0 Å². The lowest BCUT2D eigenvalue weighted by Gasteiger charge is -2.30. The molecule has 2 atom stereocenters. The molecule has 0 aliphatic carbocycles. The van der Waals surface area contributed by atoms with Crippen LogP contribution in [0, 0.1) is 5.92 Å². The second-order valence-corrected chi connectivity index (χ2v) is 8.03. The number of pyridine rings is 1. The molecule has 1 N–H and O–H groups in total. The first-order chi connectivity index (χ1) is 14.1. The van der Waals surface area contributed by atoms with Crippen molar-refractivity contribution in [1.82, 2.24) is 19.8 Å². The molecule has 4 rings (SSSR count). The van der Waals surface area contributed by atoms with E-state index in [9.17, 15) is 0 Å². The first kappa shape index (κ1) is 19.5. The van der Waals surface area contributed by atoms with Crippen molar-refractivity contribution in [3.05, 3.63) is 78.4 Å². The summed E-state index contributed by atoms with van der Waals surface area (Å²) >= 11 is 5.75. The van der Waals surface area contributed by atoms with Crippen LogP contribution in [0.3, 0.4) is 0 Å². The van der Waals surface area contributed by atoms with Crippen LogP contribution < -0.4 is 10.1 Å². The fourth-order valence-corrected chi connectivity index (χ4v) is 4.32. The molecule has 6 heteroatoms. The minimum absolute atomic E-state index is 0.0224. The second-order valence-electron chi connectivity index (χ2n) is 7.65. The van der Waals surface area contributed by atoms with Gasteiger partial charge in [-0.3, -0.25) is 4.98 Å². The van der Waals surface area contributed by atoms with E-state index in [1.54, 1.807) is 7.11 Å². The molecule has 0 radical (unpaired) electrons.